The van der Waals surface area contributed by atoms with Crippen molar-refractivity contribution in [2.75, 3.05) is 26.2 Å². The van der Waals surface area contributed by atoms with E-state index >= 15 is 0 Å². The average Bonchev–Trinajstić information content (AvgIpc) is 3.33. The van der Waals surface area contributed by atoms with E-state index in [9.17, 15) is 4.79 Å². The Morgan fingerprint density at radius 3 is 2.65 bits per heavy atom. The summed E-state index contributed by atoms with van der Waals surface area (Å²) in [6.07, 6.45) is 4.01. The lowest BCUT2D eigenvalue weighted by Crippen LogP contribution is -2.57. The van der Waals surface area contributed by atoms with Gasteiger partial charge in [-0.3, -0.25) is 9.69 Å². The Kier molecular flexibility index (Phi) is 6.02. The molecule has 2 fully saturated rings. The van der Waals surface area contributed by atoms with Crippen molar-refractivity contribution in [2.24, 2.45) is 0 Å². The second-order valence-corrected chi connectivity index (χ2v) is 9.78. The van der Waals surface area contributed by atoms with Crippen LogP contribution in [0.5, 0.6) is 0 Å². The molecular formula is C24H23Cl2N3OS. The minimum absolute atomic E-state index is 0.0227. The van der Waals surface area contributed by atoms with Crippen LogP contribution in [0.4, 0.5) is 0 Å². The summed E-state index contributed by atoms with van der Waals surface area (Å²) in [7, 11) is 0. The molecule has 0 radical (unpaired) electrons. The molecule has 0 N–H and O–H groups in total. The fourth-order valence-corrected chi connectivity index (χ4v) is 5.77. The molecule has 2 aromatic carbocycles. The number of hydrogen-bond acceptors (Lipinski definition) is 4. The van der Waals surface area contributed by atoms with Crippen LogP contribution in [0.15, 0.2) is 54.0 Å². The van der Waals surface area contributed by atoms with Gasteiger partial charge >= 0.3 is 0 Å². The van der Waals surface area contributed by atoms with E-state index in [4.69, 9.17) is 23.2 Å². The zero-order chi connectivity index (χ0) is 21.4. The van der Waals surface area contributed by atoms with E-state index in [1.165, 1.54) is 17.1 Å². The Balaban J connectivity index is 1.28. The number of halogens is 2. The molecule has 4 nitrogen and oxygen atoms in total. The van der Waals surface area contributed by atoms with Crippen molar-refractivity contribution < 1.29 is 4.79 Å². The first-order valence-electron chi connectivity index (χ1n) is 10.6. The number of benzene rings is 2. The molecule has 5 rings (SSSR count). The lowest BCUT2D eigenvalue weighted by Gasteiger charge is -2.46. The van der Waals surface area contributed by atoms with Crippen LogP contribution >= 0.6 is 34.7 Å². The molecule has 2 saturated heterocycles. The molecule has 0 unspecified atom stereocenters. The van der Waals surface area contributed by atoms with Gasteiger partial charge in [0.25, 0.3) is 5.91 Å². The highest BCUT2D eigenvalue weighted by molar-refractivity contribution is 7.03. The van der Waals surface area contributed by atoms with Crippen LogP contribution in [0.1, 0.15) is 34.7 Å². The minimum Gasteiger partial charge on any atom is -0.336 e. The quantitative estimate of drug-likeness (QED) is 0.482. The summed E-state index contributed by atoms with van der Waals surface area (Å²) in [4.78, 5) is 17.8. The minimum atomic E-state index is 0.0227. The van der Waals surface area contributed by atoms with E-state index in [2.05, 4.69) is 21.4 Å². The lowest BCUT2D eigenvalue weighted by molar-refractivity contribution is 0.0329. The van der Waals surface area contributed by atoms with Crippen LogP contribution < -0.4 is 0 Å². The van der Waals surface area contributed by atoms with Gasteiger partial charge < -0.3 is 4.90 Å². The van der Waals surface area contributed by atoms with Gasteiger partial charge in [-0.2, -0.15) is 0 Å². The average molecular weight is 472 g/mol. The molecule has 0 aliphatic carbocycles. The van der Waals surface area contributed by atoms with Crippen molar-refractivity contribution in [1.82, 2.24) is 14.2 Å². The zero-order valence-corrected chi connectivity index (χ0v) is 19.3. The molecule has 7 heteroatoms. The lowest BCUT2D eigenvalue weighted by atomic mass is 9.86. The molecule has 1 aromatic heterocycles. The summed E-state index contributed by atoms with van der Waals surface area (Å²) in [5.74, 6) is 0.552. The second-order valence-electron chi connectivity index (χ2n) is 8.31. The van der Waals surface area contributed by atoms with Gasteiger partial charge in [-0.25, -0.2) is 4.37 Å². The summed E-state index contributed by atoms with van der Waals surface area (Å²) in [6, 6.07) is 14.3. The maximum atomic E-state index is 13.3. The molecule has 0 saturated carbocycles. The van der Waals surface area contributed by atoms with E-state index in [0.29, 0.717) is 22.5 Å². The second kappa shape index (κ2) is 8.91. The Labute approximate surface area is 196 Å². The maximum absolute atomic E-state index is 13.3. The monoisotopic (exact) mass is 471 g/mol. The van der Waals surface area contributed by atoms with Crippen LogP contribution in [0.3, 0.4) is 0 Å². The van der Waals surface area contributed by atoms with Gasteiger partial charge in [0.1, 0.15) is 0 Å². The first-order valence-corrected chi connectivity index (χ1v) is 12.2. The molecule has 2 atom stereocenters. The van der Waals surface area contributed by atoms with Crippen molar-refractivity contribution in [1.29, 1.82) is 0 Å². The highest BCUT2D eigenvalue weighted by atomic mass is 35.5. The van der Waals surface area contributed by atoms with E-state index in [1.54, 1.807) is 6.20 Å². The highest BCUT2D eigenvalue weighted by Gasteiger charge is 2.35. The Morgan fingerprint density at radius 2 is 1.87 bits per heavy atom. The van der Waals surface area contributed by atoms with Crippen molar-refractivity contribution in [3.8, 4) is 11.1 Å². The zero-order valence-electron chi connectivity index (χ0n) is 17.0. The number of aromatic nitrogens is 1. The summed E-state index contributed by atoms with van der Waals surface area (Å²) >= 11 is 14.1. The number of amides is 1. The summed E-state index contributed by atoms with van der Waals surface area (Å²) in [5.41, 5.74) is 3.75. The first-order chi connectivity index (χ1) is 15.1. The Hall–Kier alpha value is -1.92. The van der Waals surface area contributed by atoms with Crippen molar-refractivity contribution in [3.63, 3.8) is 0 Å². The predicted molar refractivity (Wildman–Crippen MR) is 127 cm³/mol. The molecule has 0 spiro atoms. The molecular weight excluding hydrogens is 449 g/mol. The fourth-order valence-electron chi connectivity index (χ4n) is 4.79. The molecule has 2 aliphatic heterocycles. The Morgan fingerprint density at radius 1 is 1.03 bits per heavy atom. The van der Waals surface area contributed by atoms with Gasteiger partial charge in [0.05, 0.1) is 10.6 Å². The van der Waals surface area contributed by atoms with Crippen molar-refractivity contribution in [3.05, 3.63) is 75.2 Å². The molecule has 1 amide bonds. The van der Waals surface area contributed by atoms with Crippen LogP contribution in [-0.2, 0) is 0 Å². The van der Waals surface area contributed by atoms with Crippen LogP contribution in [0.25, 0.3) is 11.1 Å². The number of rotatable bonds is 3. The van der Waals surface area contributed by atoms with Crippen LogP contribution in [-0.4, -0.2) is 52.3 Å². The first kappa shape index (κ1) is 21.0. The normalized spacial score (nSPS) is 21.7. The molecule has 2 aliphatic rings. The molecule has 31 heavy (non-hydrogen) atoms. The van der Waals surface area contributed by atoms with Gasteiger partial charge in [-0.15, -0.1) is 0 Å². The summed E-state index contributed by atoms with van der Waals surface area (Å²) in [6.45, 7) is 3.41. The van der Waals surface area contributed by atoms with E-state index in [1.807, 2.05) is 40.6 Å². The van der Waals surface area contributed by atoms with Crippen LogP contribution in [0.2, 0.25) is 10.0 Å². The standard InChI is InChI=1S/C24H23Cl2N3OS/c25-19-7-4-16(5-8-19)17-6-9-20-14-29(11-10-28(20)13-17)24(30)22-3-1-2-21(23(22)26)18-12-27-31-15-18/h1-5,7-8,12,15,17,20H,6,9-11,13-14H2/t17-,20+/m0/s1. The summed E-state index contributed by atoms with van der Waals surface area (Å²) in [5, 5.41) is 3.25. The fraction of sp³-hybridized carbons (Fsp3) is 0.333. The smallest absolute Gasteiger partial charge is 0.255 e. The van der Waals surface area contributed by atoms with E-state index < -0.39 is 0 Å². The number of fused-ring (bicyclic) bond motifs is 1. The van der Waals surface area contributed by atoms with E-state index in [-0.39, 0.29) is 5.91 Å². The van der Waals surface area contributed by atoms with Crippen LogP contribution in [0, 0.1) is 0 Å². The van der Waals surface area contributed by atoms with Gasteiger partial charge in [-0.1, -0.05) is 47.5 Å². The van der Waals surface area contributed by atoms with Crippen molar-refractivity contribution in [2.45, 2.75) is 24.8 Å². The number of hydrogen-bond donors (Lipinski definition) is 0. The van der Waals surface area contributed by atoms with Crippen molar-refractivity contribution >= 4 is 40.6 Å². The van der Waals surface area contributed by atoms with E-state index in [0.717, 1.165) is 55.2 Å². The third kappa shape index (κ3) is 4.24. The number of piperidine rings is 1. The Bertz CT molecular complexity index is 1070. The molecule has 0 bridgehead atoms. The highest BCUT2D eigenvalue weighted by Crippen LogP contribution is 2.35. The van der Waals surface area contributed by atoms with Gasteiger partial charge in [0.2, 0.25) is 0 Å². The predicted octanol–water partition coefficient (Wildman–Crippen LogP) is 5.82. The largest absolute Gasteiger partial charge is 0.336 e. The topological polar surface area (TPSA) is 36.4 Å². The molecule has 160 valence electrons. The third-order valence-corrected chi connectivity index (χ3v) is 7.75. The number of carbonyl (C=O) groups excluding carboxylic acids is 1. The SMILES string of the molecule is O=C(c1cccc(-c2cnsc2)c1Cl)N1CCN2C[C@@H](c3ccc(Cl)cc3)CC[C@@H]2C1. The number of piperazine rings is 1. The molecule has 3 aromatic rings. The van der Waals surface area contributed by atoms with Gasteiger partial charge in [0.15, 0.2) is 0 Å². The third-order valence-electron chi connectivity index (χ3n) is 6.51. The maximum Gasteiger partial charge on any atom is 0.255 e. The molecule has 3 heterocycles. The van der Waals surface area contributed by atoms with Gasteiger partial charge in [0, 0.05) is 59.9 Å². The summed E-state index contributed by atoms with van der Waals surface area (Å²) < 4.78 is 4.16. The van der Waals surface area contributed by atoms with Gasteiger partial charge in [-0.05, 0) is 54.1 Å². The number of carbonyl (C=O) groups is 1. The number of nitrogens with zero attached hydrogens (tertiary/aromatic N) is 3.